The van der Waals surface area contributed by atoms with Crippen molar-refractivity contribution in [3.8, 4) is 0 Å². The van der Waals surface area contributed by atoms with Crippen molar-refractivity contribution >= 4 is 17.4 Å². The number of hydrogen-bond acceptors (Lipinski definition) is 4. The van der Waals surface area contributed by atoms with Gasteiger partial charge in [0.05, 0.1) is 12.4 Å². The number of hydrogen-bond donors (Lipinski definition) is 2. The van der Waals surface area contributed by atoms with E-state index in [0.717, 1.165) is 17.7 Å². The summed E-state index contributed by atoms with van der Waals surface area (Å²) >= 11 is 0. The van der Waals surface area contributed by atoms with Crippen LogP contribution in [0.3, 0.4) is 0 Å². The molecule has 5 nitrogen and oxygen atoms in total. The van der Waals surface area contributed by atoms with Crippen LogP contribution in [0, 0.1) is 6.92 Å². The van der Waals surface area contributed by atoms with Gasteiger partial charge in [-0.25, -0.2) is 9.97 Å². The van der Waals surface area contributed by atoms with Crippen LogP contribution in [0.1, 0.15) is 36.3 Å². The molecular formula is C16H20N4O. The van der Waals surface area contributed by atoms with E-state index in [1.165, 1.54) is 6.20 Å². The Morgan fingerprint density at radius 1 is 1.24 bits per heavy atom. The van der Waals surface area contributed by atoms with Gasteiger partial charge in [0.15, 0.2) is 0 Å². The van der Waals surface area contributed by atoms with Gasteiger partial charge in [-0.1, -0.05) is 25.1 Å². The summed E-state index contributed by atoms with van der Waals surface area (Å²) in [7, 11) is 0. The molecular weight excluding hydrogens is 264 g/mol. The Labute approximate surface area is 124 Å². The number of anilines is 2. The third-order valence-electron chi connectivity index (χ3n) is 3.28. The smallest absolute Gasteiger partial charge is 0.271 e. The van der Waals surface area contributed by atoms with Gasteiger partial charge >= 0.3 is 0 Å². The van der Waals surface area contributed by atoms with E-state index in [0.29, 0.717) is 11.5 Å². The number of para-hydroxylation sites is 1. The lowest BCUT2D eigenvalue weighted by atomic mass is 10.2. The fraction of sp³-hybridized carbons (Fsp3) is 0.312. The summed E-state index contributed by atoms with van der Waals surface area (Å²) in [5.41, 5.74) is 2.42. The molecule has 2 aromatic rings. The van der Waals surface area contributed by atoms with Gasteiger partial charge in [0.25, 0.3) is 5.91 Å². The molecule has 2 rings (SSSR count). The molecule has 1 aromatic heterocycles. The van der Waals surface area contributed by atoms with Gasteiger partial charge < -0.3 is 10.6 Å². The van der Waals surface area contributed by atoms with Gasteiger partial charge in [-0.2, -0.15) is 0 Å². The van der Waals surface area contributed by atoms with Crippen LogP contribution < -0.4 is 10.6 Å². The number of rotatable bonds is 5. The Morgan fingerprint density at radius 2 is 2.00 bits per heavy atom. The maximum atomic E-state index is 11.9. The zero-order chi connectivity index (χ0) is 15.2. The van der Waals surface area contributed by atoms with Crippen molar-refractivity contribution < 1.29 is 4.79 Å². The highest BCUT2D eigenvalue weighted by atomic mass is 16.1. The SMILES string of the molecule is CCC(C)NC(=O)c1cnc(Nc2ccccc2C)cn1. The number of amides is 1. The minimum absolute atomic E-state index is 0.129. The average molecular weight is 284 g/mol. The number of benzene rings is 1. The molecule has 0 radical (unpaired) electrons. The standard InChI is InChI=1S/C16H20N4O/c1-4-12(3)19-16(21)14-9-18-15(10-17-14)20-13-8-6-5-7-11(13)2/h5-10,12H,4H2,1-3H3,(H,18,20)(H,19,21). The topological polar surface area (TPSA) is 66.9 Å². The first-order valence-corrected chi connectivity index (χ1v) is 7.05. The third-order valence-corrected chi connectivity index (χ3v) is 3.28. The summed E-state index contributed by atoms with van der Waals surface area (Å²) in [6, 6.07) is 8.05. The van der Waals surface area contributed by atoms with Gasteiger partial charge in [-0.05, 0) is 31.9 Å². The van der Waals surface area contributed by atoms with Crippen molar-refractivity contribution in [3.63, 3.8) is 0 Å². The fourth-order valence-corrected chi connectivity index (χ4v) is 1.76. The van der Waals surface area contributed by atoms with E-state index in [4.69, 9.17) is 0 Å². The number of carbonyl (C=O) groups excluding carboxylic acids is 1. The van der Waals surface area contributed by atoms with Crippen molar-refractivity contribution in [1.29, 1.82) is 0 Å². The minimum atomic E-state index is -0.195. The summed E-state index contributed by atoms with van der Waals surface area (Å²) in [5.74, 6) is 0.420. The molecule has 1 heterocycles. The molecule has 5 heteroatoms. The Morgan fingerprint density at radius 3 is 2.62 bits per heavy atom. The van der Waals surface area contributed by atoms with Crippen LogP contribution in [0.15, 0.2) is 36.7 Å². The van der Waals surface area contributed by atoms with Crippen LogP contribution >= 0.6 is 0 Å². The third kappa shape index (κ3) is 4.02. The maximum absolute atomic E-state index is 11.9. The number of aromatic nitrogens is 2. The highest BCUT2D eigenvalue weighted by molar-refractivity contribution is 5.92. The quantitative estimate of drug-likeness (QED) is 0.885. The molecule has 1 amide bonds. The van der Waals surface area contributed by atoms with Gasteiger partial charge in [-0.15, -0.1) is 0 Å². The van der Waals surface area contributed by atoms with E-state index >= 15 is 0 Å². The number of nitrogens with one attached hydrogen (secondary N) is 2. The monoisotopic (exact) mass is 284 g/mol. The van der Waals surface area contributed by atoms with Crippen LogP contribution in [0.2, 0.25) is 0 Å². The zero-order valence-electron chi connectivity index (χ0n) is 12.6. The largest absolute Gasteiger partial charge is 0.348 e. The second-order valence-corrected chi connectivity index (χ2v) is 5.01. The first-order chi connectivity index (χ1) is 10.1. The van der Waals surface area contributed by atoms with Crippen molar-refractivity contribution in [1.82, 2.24) is 15.3 Å². The predicted molar refractivity (Wildman–Crippen MR) is 83.7 cm³/mol. The summed E-state index contributed by atoms with van der Waals surface area (Å²) in [4.78, 5) is 20.3. The summed E-state index contributed by atoms with van der Waals surface area (Å²) in [6.07, 6.45) is 3.93. The molecule has 0 saturated carbocycles. The van der Waals surface area contributed by atoms with E-state index in [9.17, 15) is 4.79 Å². The van der Waals surface area contributed by atoms with E-state index in [2.05, 4.69) is 20.6 Å². The minimum Gasteiger partial charge on any atom is -0.348 e. The zero-order valence-corrected chi connectivity index (χ0v) is 12.6. The van der Waals surface area contributed by atoms with Crippen molar-refractivity contribution in [2.45, 2.75) is 33.2 Å². The first kappa shape index (κ1) is 15.0. The lowest BCUT2D eigenvalue weighted by Crippen LogP contribution is -2.32. The Hall–Kier alpha value is -2.43. The Balaban J connectivity index is 2.05. The predicted octanol–water partition coefficient (Wildman–Crippen LogP) is 3.06. The molecule has 0 aliphatic rings. The molecule has 0 spiro atoms. The summed E-state index contributed by atoms with van der Waals surface area (Å²) in [6.45, 7) is 6.00. The van der Waals surface area contributed by atoms with Gasteiger partial charge in [0.2, 0.25) is 0 Å². The molecule has 0 bridgehead atoms. The Bertz CT molecular complexity index is 610. The van der Waals surface area contributed by atoms with Crippen LogP contribution in [-0.2, 0) is 0 Å². The highest BCUT2D eigenvalue weighted by Gasteiger charge is 2.10. The normalized spacial score (nSPS) is 11.8. The number of carbonyl (C=O) groups is 1. The van der Waals surface area contributed by atoms with Crippen molar-refractivity contribution in [2.75, 3.05) is 5.32 Å². The molecule has 21 heavy (non-hydrogen) atoms. The molecule has 0 saturated heterocycles. The average Bonchev–Trinajstić information content (AvgIpc) is 2.50. The highest BCUT2D eigenvalue weighted by Crippen LogP contribution is 2.17. The van der Waals surface area contributed by atoms with Gasteiger partial charge in [-0.3, -0.25) is 4.79 Å². The fourth-order valence-electron chi connectivity index (χ4n) is 1.76. The lowest BCUT2D eigenvalue weighted by molar-refractivity contribution is 0.0934. The Kier molecular flexibility index (Phi) is 4.87. The van der Waals surface area contributed by atoms with Crippen LogP contribution in [0.5, 0.6) is 0 Å². The molecule has 1 unspecified atom stereocenters. The number of aryl methyl sites for hydroxylation is 1. The van der Waals surface area contributed by atoms with E-state index in [-0.39, 0.29) is 11.9 Å². The van der Waals surface area contributed by atoms with E-state index in [1.807, 2.05) is 45.0 Å². The van der Waals surface area contributed by atoms with E-state index < -0.39 is 0 Å². The van der Waals surface area contributed by atoms with Gasteiger partial charge in [0, 0.05) is 11.7 Å². The number of nitrogens with zero attached hydrogens (tertiary/aromatic N) is 2. The second-order valence-electron chi connectivity index (χ2n) is 5.01. The van der Waals surface area contributed by atoms with Crippen LogP contribution in [0.4, 0.5) is 11.5 Å². The van der Waals surface area contributed by atoms with Gasteiger partial charge in [0.1, 0.15) is 11.5 Å². The lowest BCUT2D eigenvalue weighted by Gasteiger charge is -2.11. The molecule has 110 valence electrons. The van der Waals surface area contributed by atoms with E-state index in [1.54, 1.807) is 6.20 Å². The van der Waals surface area contributed by atoms with Crippen LogP contribution in [0.25, 0.3) is 0 Å². The summed E-state index contributed by atoms with van der Waals surface area (Å²) < 4.78 is 0. The second kappa shape index (κ2) is 6.83. The van der Waals surface area contributed by atoms with Crippen molar-refractivity contribution in [2.24, 2.45) is 0 Å². The maximum Gasteiger partial charge on any atom is 0.271 e. The first-order valence-electron chi connectivity index (χ1n) is 7.05. The molecule has 2 N–H and O–H groups in total. The molecule has 1 atom stereocenters. The summed E-state index contributed by atoms with van der Waals surface area (Å²) in [5, 5.41) is 6.05. The van der Waals surface area contributed by atoms with Crippen molar-refractivity contribution in [3.05, 3.63) is 47.9 Å². The molecule has 0 aliphatic carbocycles. The molecule has 0 fully saturated rings. The van der Waals surface area contributed by atoms with Crippen LogP contribution in [-0.4, -0.2) is 21.9 Å². The molecule has 1 aromatic carbocycles. The molecule has 0 aliphatic heterocycles.